The second kappa shape index (κ2) is 10.3. The number of piperazine rings is 1. The van der Waals surface area contributed by atoms with E-state index in [0.717, 1.165) is 18.5 Å². The van der Waals surface area contributed by atoms with Crippen LogP contribution in [0.2, 0.25) is 0 Å². The number of nitrogens with one attached hydrogen (secondary N) is 2. The van der Waals surface area contributed by atoms with Crippen molar-refractivity contribution in [1.82, 2.24) is 29.6 Å². The quantitative estimate of drug-likeness (QED) is 0.459. The molecule has 1 amide bonds. The van der Waals surface area contributed by atoms with Crippen LogP contribution < -0.4 is 15.8 Å². The van der Waals surface area contributed by atoms with Crippen molar-refractivity contribution in [3.63, 3.8) is 0 Å². The molecule has 4 heterocycles. The van der Waals surface area contributed by atoms with Crippen LogP contribution in [0.1, 0.15) is 28.5 Å². The second-order valence-corrected chi connectivity index (χ2v) is 8.65. The minimum absolute atomic E-state index is 0.0659. The van der Waals surface area contributed by atoms with Gasteiger partial charge >= 0.3 is 12.4 Å². The van der Waals surface area contributed by atoms with E-state index in [1.807, 2.05) is 0 Å². The standard InChI is InChI=1S/C22H22F6N8O2/c1-13(31-15-10-30-33-18(37)17(15)22(26,27)28)11-34-5-3-14(12-34)19(38)35-6-8-36(9-7-35)20-29-4-2-16(32-20)21(23,24)25/h2-5,10,12-13H,6-9,11H2,1H3,(H2,31,33,37). The lowest BCUT2D eigenvalue weighted by Crippen LogP contribution is -2.49. The van der Waals surface area contributed by atoms with Crippen molar-refractivity contribution in [2.24, 2.45) is 0 Å². The number of hydrogen-bond acceptors (Lipinski definition) is 7. The molecule has 10 nitrogen and oxygen atoms in total. The summed E-state index contributed by atoms with van der Waals surface area (Å²) in [5.41, 5.74) is -3.90. The van der Waals surface area contributed by atoms with Gasteiger partial charge in [0.15, 0.2) is 0 Å². The van der Waals surface area contributed by atoms with E-state index in [1.165, 1.54) is 0 Å². The van der Waals surface area contributed by atoms with E-state index in [2.05, 4.69) is 20.4 Å². The minimum Gasteiger partial charge on any atom is -0.379 e. The first-order valence-corrected chi connectivity index (χ1v) is 11.3. The van der Waals surface area contributed by atoms with Gasteiger partial charge in [0.05, 0.1) is 17.4 Å². The maximum Gasteiger partial charge on any atom is 0.433 e. The fraction of sp³-hybridized carbons (Fsp3) is 0.409. The molecule has 16 heteroatoms. The molecule has 2 N–H and O–H groups in total. The number of carbonyl (C=O) groups is 1. The van der Waals surface area contributed by atoms with Gasteiger partial charge in [0.1, 0.15) is 11.3 Å². The van der Waals surface area contributed by atoms with Crippen LogP contribution in [0.5, 0.6) is 0 Å². The summed E-state index contributed by atoms with van der Waals surface area (Å²) in [6.07, 6.45) is -4.40. The number of nitrogens with zero attached hydrogens (tertiary/aromatic N) is 6. The molecule has 1 aliphatic rings. The van der Waals surface area contributed by atoms with E-state index in [0.29, 0.717) is 5.56 Å². The third kappa shape index (κ3) is 6.06. The number of amides is 1. The SMILES string of the molecule is CC(Cn1ccc(C(=O)N2CCN(c3nccc(C(F)(F)F)n3)CC2)c1)Nc1cn[nH]c(=O)c1C(F)(F)F. The third-order valence-electron chi connectivity index (χ3n) is 5.81. The highest BCUT2D eigenvalue weighted by Crippen LogP contribution is 2.32. The predicted octanol–water partition coefficient (Wildman–Crippen LogP) is 2.86. The highest BCUT2D eigenvalue weighted by atomic mass is 19.4. The molecule has 1 unspecified atom stereocenters. The Kier molecular flexibility index (Phi) is 7.33. The number of hydrogen-bond donors (Lipinski definition) is 2. The Bertz CT molecular complexity index is 1340. The van der Waals surface area contributed by atoms with Gasteiger partial charge in [0.2, 0.25) is 5.95 Å². The van der Waals surface area contributed by atoms with Crippen LogP contribution in [0.3, 0.4) is 0 Å². The molecule has 1 fully saturated rings. The van der Waals surface area contributed by atoms with Crippen molar-refractivity contribution < 1.29 is 31.1 Å². The minimum atomic E-state index is -4.87. The Morgan fingerprint density at radius 3 is 2.47 bits per heavy atom. The Morgan fingerprint density at radius 2 is 1.82 bits per heavy atom. The molecular weight excluding hydrogens is 522 g/mol. The molecule has 38 heavy (non-hydrogen) atoms. The number of H-pyrrole nitrogens is 1. The number of alkyl halides is 6. The van der Waals surface area contributed by atoms with Crippen molar-refractivity contribution in [1.29, 1.82) is 0 Å². The van der Waals surface area contributed by atoms with Gasteiger partial charge in [0, 0.05) is 57.4 Å². The monoisotopic (exact) mass is 544 g/mol. The van der Waals surface area contributed by atoms with Gasteiger partial charge in [-0.25, -0.2) is 15.1 Å². The molecule has 4 rings (SSSR count). The molecule has 0 saturated carbocycles. The van der Waals surface area contributed by atoms with Gasteiger partial charge in [-0.1, -0.05) is 0 Å². The van der Waals surface area contributed by atoms with Crippen molar-refractivity contribution in [2.45, 2.75) is 31.9 Å². The molecule has 3 aromatic heterocycles. The second-order valence-electron chi connectivity index (χ2n) is 8.65. The van der Waals surface area contributed by atoms with Crippen LogP contribution in [-0.2, 0) is 18.9 Å². The third-order valence-corrected chi connectivity index (χ3v) is 5.81. The zero-order valence-electron chi connectivity index (χ0n) is 19.8. The average Bonchev–Trinajstić information content (AvgIpc) is 3.30. The fourth-order valence-electron chi connectivity index (χ4n) is 4.05. The number of aromatic amines is 1. The summed E-state index contributed by atoms with van der Waals surface area (Å²) in [6.45, 7) is 2.73. The molecule has 0 aliphatic carbocycles. The number of halogens is 6. The fourth-order valence-corrected chi connectivity index (χ4v) is 4.05. The Labute approximate surface area is 211 Å². The van der Waals surface area contributed by atoms with Crippen LogP contribution in [0, 0.1) is 0 Å². The topological polar surface area (TPSA) is 112 Å². The number of anilines is 2. The van der Waals surface area contributed by atoms with Gasteiger partial charge in [-0.15, -0.1) is 0 Å². The van der Waals surface area contributed by atoms with Gasteiger partial charge in [0.25, 0.3) is 11.5 Å². The molecule has 0 radical (unpaired) electrons. The maximum absolute atomic E-state index is 13.3. The summed E-state index contributed by atoms with van der Waals surface area (Å²) >= 11 is 0. The average molecular weight is 544 g/mol. The first kappa shape index (κ1) is 26.9. The van der Waals surface area contributed by atoms with Crippen LogP contribution in [0.25, 0.3) is 0 Å². The van der Waals surface area contributed by atoms with Crippen LogP contribution in [0.15, 0.2) is 41.7 Å². The van der Waals surface area contributed by atoms with E-state index in [-0.39, 0.29) is 44.6 Å². The lowest BCUT2D eigenvalue weighted by Gasteiger charge is -2.34. The molecular formula is C22H22F6N8O2. The van der Waals surface area contributed by atoms with Gasteiger partial charge < -0.3 is 19.7 Å². The van der Waals surface area contributed by atoms with E-state index in [4.69, 9.17) is 0 Å². The van der Waals surface area contributed by atoms with Crippen LogP contribution >= 0.6 is 0 Å². The number of rotatable bonds is 6. The zero-order valence-corrected chi connectivity index (χ0v) is 19.8. The van der Waals surface area contributed by atoms with Crippen LogP contribution in [0.4, 0.5) is 38.0 Å². The van der Waals surface area contributed by atoms with Gasteiger partial charge in [-0.2, -0.15) is 31.4 Å². The predicted molar refractivity (Wildman–Crippen MR) is 123 cm³/mol. The van der Waals surface area contributed by atoms with E-state index in [1.54, 1.807) is 44.8 Å². The van der Waals surface area contributed by atoms with Crippen molar-refractivity contribution in [2.75, 3.05) is 36.4 Å². The lowest BCUT2D eigenvalue weighted by molar-refractivity contribution is -0.141. The van der Waals surface area contributed by atoms with Crippen molar-refractivity contribution in [3.8, 4) is 0 Å². The smallest absolute Gasteiger partial charge is 0.379 e. The molecule has 0 aromatic carbocycles. The first-order valence-electron chi connectivity index (χ1n) is 11.3. The molecule has 0 bridgehead atoms. The highest BCUT2D eigenvalue weighted by molar-refractivity contribution is 5.94. The van der Waals surface area contributed by atoms with Gasteiger partial charge in [-0.3, -0.25) is 9.59 Å². The Morgan fingerprint density at radius 1 is 1.11 bits per heavy atom. The Balaban J connectivity index is 1.35. The molecule has 204 valence electrons. The molecule has 3 aromatic rings. The molecule has 1 aliphatic heterocycles. The number of aromatic nitrogens is 5. The van der Waals surface area contributed by atoms with Gasteiger partial charge in [-0.05, 0) is 19.1 Å². The van der Waals surface area contributed by atoms with E-state index < -0.39 is 40.9 Å². The normalized spacial score (nSPS) is 15.4. The van der Waals surface area contributed by atoms with Crippen molar-refractivity contribution in [3.05, 3.63) is 64.1 Å². The Hall–Kier alpha value is -4.11. The summed E-state index contributed by atoms with van der Waals surface area (Å²) in [6, 6.07) is 1.79. The summed E-state index contributed by atoms with van der Waals surface area (Å²) in [4.78, 5) is 35.2. The van der Waals surface area contributed by atoms with E-state index in [9.17, 15) is 35.9 Å². The highest BCUT2D eigenvalue weighted by Gasteiger charge is 2.37. The number of carbonyl (C=O) groups excluding carboxylic acids is 1. The summed E-state index contributed by atoms with van der Waals surface area (Å²) < 4.78 is 80.2. The zero-order chi connectivity index (χ0) is 27.7. The summed E-state index contributed by atoms with van der Waals surface area (Å²) in [5.74, 6) is -0.365. The maximum atomic E-state index is 13.3. The van der Waals surface area contributed by atoms with E-state index >= 15 is 0 Å². The summed E-state index contributed by atoms with van der Waals surface area (Å²) in [7, 11) is 0. The molecule has 0 spiro atoms. The molecule has 1 saturated heterocycles. The summed E-state index contributed by atoms with van der Waals surface area (Å²) in [5, 5.41) is 7.82. The molecule has 1 atom stereocenters. The first-order chi connectivity index (χ1) is 17.8. The lowest BCUT2D eigenvalue weighted by atomic mass is 10.2. The van der Waals surface area contributed by atoms with Crippen LogP contribution in [-0.4, -0.2) is 67.8 Å². The largest absolute Gasteiger partial charge is 0.433 e. The van der Waals surface area contributed by atoms with Crippen molar-refractivity contribution >= 4 is 17.5 Å².